The van der Waals surface area contributed by atoms with Crippen molar-refractivity contribution in [2.75, 3.05) is 30.4 Å². The minimum Gasteiger partial charge on any atom is -0.396 e. The Morgan fingerprint density at radius 1 is 1.22 bits per heavy atom. The van der Waals surface area contributed by atoms with Crippen LogP contribution >= 0.6 is 23.5 Å². The van der Waals surface area contributed by atoms with E-state index in [2.05, 4.69) is 5.32 Å². The third-order valence-corrected chi connectivity index (χ3v) is 4.21. The number of rotatable bonds is 9. The molecule has 0 aliphatic carbocycles. The van der Waals surface area contributed by atoms with Gasteiger partial charge in [0.1, 0.15) is 0 Å². The van der Waals surface area contributed by atoms with Crippen LogP contribution in [0.5, 0.6) is 0 Å². The average molecular weight is 285 g/mol. The molecule has 0 heterocycles. The number of carbonyl (C=O) groups excluding carboxylic acids is 1. The summed E-state index contributed by atoms with van der Waals surface area (Å²) < 4.78 is 0. The zero-order valence-corrected chi connectivity index (χ0v) is 11.9. The number of aliphatic hydroxyl groups is 1. The van der Waals surface area contributed by atoms with E-state index in [9.17, 15) is 4.79 Å². The number of hydrogen-bond donors (Lipinski definition) is 2. The Morgan fingerprint density at radius 3 is 2.72 bits per heavy atom. The van der Waals surface area contributed by atoms with Crippen molar-refractivity contribution < 1.29 is 9.90 Å². The predicted molar refractivity (Wildman–Crippen MR) is 79.2 cm³/mol. The summed E-state index contributed by atoms with van der Waals surface area (Å²) in [5.74, 6) is 2.39. The van der Waals surface area contributed by atoms with Gasteiger partial charge in [0, 0.05) is 23.8 Å². The lowest BCUT2D eigenvalue weighted by Crippen LogP contribution is -2.27. The van der Waals surface area contributed by atoms with Crippen molar-refractivity contribution in [3.8, 4) is 0 Å². The lowest BCUT2D eigenvalue weighted by atomic mass is 10.4. The molecule has 2 N–H and O–H groups in total. The Kier molecular flexibility index (Phi) is 8.81. The fourth-order valence-electron chi connectivity index (χ4n) is 1.25. The summed E-state index contributed by atoms with van der Waals surface area (Å²) in [4.78, 5) is 12.6. The normalized spacial score (nSPS) is 10.3. The van der Waals surface area contributed by atoms with E-state index < -0.39 is 0 Å². The molecule has 0 radical (unpaired) electrons. The predicted octanol–water partition coefficient (Wildman–Crippen LogP) is 2.01. The second kappa shape index (κ2) is 10.3. The van der Waals surface area contributed by atoms with Crippen LogP contribution in [-0.2, 0) is 4.79 Å². The first-order valence-corrected chi connectivity index (χ1v) is 8.10. The molecule has 0 spiro atoms. The van der Waals surface area contributed by atoms with Crippen LogP contribution in [0.2, 0.25) is 0 Å². The van der Waals surface area contributed by atoms with Gasteiger partial charge in [-0.2, -0.15) is 11.8 Å². The molecule has 0 fully saturated rings. The van der Waals surface area contributed by atoms with Gasteiger partial charge in [0.15, 0.2) is 0 Å². The molecule has 18 heavy (non-hydrogen) atoms. The molecule has 100 valence electrons. The summed E-state index contributed by atoms with van der Waals surface area (Å²) in [6.07, 6.45) is 0.822. The lowest BCUT2D eigenvalue weighted by molar-refractivity contribution is -0.118. The van der Waals surface area contributed by atoms with Crippen LogP contribution in [-0.4, -0.2) is 41.4 Å². The van der Waals surface area contributed by atoms with Crippen LogP contribution in [0.4, 0.5) is 0 Å². The van der Waals surface area contributed by atoms with Gasteiger partial charge < -0.3 is 10.4 Å². The summed E-state index contributed by atoms with van der Waals surface area (Å²) in [5.41, 5.74) is 0. The number of nitrogens with one attached hydrogen (secondary N) is 1. The second-order valence-corrected chi connectivity index (χ2v) is 5.91. The number of aliphatic hydroxyl groups excluding tert-OH is 1. The van der Waals surface area contributed by atoms with Crippen LogP contribution in [0.1, 0.15) is 6.42 Å². The van der Waals surface area contributed by atoms with E-state index in [1.54, 1.807) is 23.5 Å². The second-order valence-electron chi connectivity index (χ2n) is 3.64. The molecule has 5 heteroatoms. The van der Waals surface area contributed by atoms with Crippen molar-refractivity contribution in [1.29, 1.82) is 0 Å². The van der Waals surface area contributed by atoms with Crippen molar-refractivity contribution in [1.82, 2.24) is 5.32 Å². The molecule has 0 saturated carbocycles. The molecule has 1 amide bonds. The molecule has 0 aromatic heterocycles. The van der Waals surface area contributed by atoms with E-state index in [4.69, 9.17) is 5.11 Å². The Balaban J connectivity index is 2.01. The van der Waals surface area contributed by atoms with Crippen molar-refractivity contribution in [3.05, 3.63) is 30.3 Å². The van der Waals surface area contributed by atoms with Crippen LogP contribution in [0.3, 0.4) is 0 Å². The van der Waals surface area contributed by atoms with E-state index in [-0.39, 0.29) is 12.5 Å². The third kappa shape index (κ3) is 7.63. The number of amides is 1. The third-order valence-electron chi connectivity index (χ3n) is 2.13. The zero-order chi connectivity index (χ0) is 13.1. The molecule has 3 nitrogen and oxygen atoms in total. The number of benzene rings is 1. The first kappa shape index (κ1) is 15.4. The fourth-order valence-corrected chi connectivity index (χ4v) is 2.78. The van der Waals surface area contributed by atoms with Gasteiger partial charge in [0.2, 0.25) is 5.91 Å². The molecule has 0 bridgehead atoms. The zero-order valence-electron chi connectivity index (χ0n) is 10.3. The first-order valence-electron chi connectivity index (χ1n) is 5.96. The largest absolute Gasteiger partial charge is 0.396 e. The highest BCUT2D eigenvalue weighted by molar-refractivity contribution is 8.00. The van der Waals surface area contributed by atoms with Crippen LogP contribution < -0.4 is 5.32 Å². The van der Waals surface area contributed by atoms with Crippen LogP contribution in [0.15, 0.2) is 35.2 Å². The summed E-state index contributed by atoms with van der Waals surface area (Å²) in [7, 11) is 0. The molecule has 0 aliphatic rings. The highest BCUT2D eigenvalue weighted by Gasteiger charge is 2.01. The first-order chi connectivity index (χ1) is 8.83. The van der Waals surface area contributed by atoms with Crippen LogP contribution in [0, 0.1) is 0 Å². The number of thioether (sulfide) groups is 2. The lowest BCUT2D eigenvalue weighted by Gasteiger charge is -2.05. The maximum Gasteiger partial charge on any atom is 0.230 e. The van der Waals surface area contributed by atoms with E-state index in [1.807, 2.05) is 30.3 Å². The Bertz CT molecular complexity index is 333. The molecule has 0 atom stereocenters. The minimum absolute atomic E-state index is 0.0756. The van der Waals surface area contributed by atoms with E-state index >= 15 is 0 Å². The van der Waals surface area contributed by atoms with E-state index in [0.717, 1.165) is 22.8 Å². The molecule has 1 rings (SSSR count). The smallest absolute Gasteiger partial charge is 0.230 e. The number of hydrogen-bond acceptors (Lipinski definition) is 4. The van der Waals surface area contributed by atoms with Crippen molar-refractivity contribution in [3.63, 3.8) is 0 Å². The molecule has 1 aromatic carbocycles. The van der Waals surface area contributed by atoms with Gasteiger partial charge >= 0.3 is 0 Å². The standard InChI is InChI=1S/C13H19NO2S2/c15-8-4-9-17-10-7-14-13(16)11-18-12-5-2-1-3-6-12/h1-3,5-6,15H,4,7-11H2,(H,14,16). The molecular weight excluding hydrogens is 266 g/mol. The highest BCUT2D eigenvalue weighted by Crippen LogP contribution is 2.16. The van der Waals surface area contributed by atoms with E-state index in [1.165, 1.54) is 0 Å². The van der Waals surface area contributed by atoms with Gasteiger partial charge in [-0.3, -0.25) is 4.79 Å². The quantitative estimate of drug-likeness (QED) is 0.538. The van der Waals surface area contributed by atoms with Gasteiger partial charge in [0.25, 0.3) is 0 Å². The molecular formula is C13H19NO2S2. The molecule has 0 unspecified atom stereocenters. The monoisotopic (exact) mass is 285 g/mol. The van der Waals surface area contributed by atoms with Gasteiger partial charge in [-0.05, 0) is 24.3 Å². The van der Waals surface area contributed by atoms with Crippen LogP contribution in [0.25, 0.3) is 0 Å². The molecule has 1 aromatic rings. The maximum absolute atomic E-state index is 11.5. The van der Waals surface area contributed by atoms with Gasteiger partial charge in [0.05, 0.1) is 5.75 Å². The van der Waals surface area contributed by atoms with E-state index in [0.29, 0.717) is 12.3 Å². The average Bonchev–Trinajstić information content (AvgIpc) is 2.41. The topological polar surface area (TPSA) is 49.3 Å². The van der Waals surface area contributed by atoms with Crippen molar-refractivity contribution in [2.45, 2.75) is 11.3 Å². The Hall–Kier alpha value is -0.650. The summed E-state index contributed by atoms with van der Waals surface area (Å²) in [5, 5.41) is 11.5. The van der Waals surface area contributed by atoms with Crippen molar-refractivity contribution in [2.24, 2.45) is 0 Å². The highest BCUT2D eigenvalue weighted by atomic mass is 32.2. The minimum atomic E-state index is 0.0756. The molecule has 0 aliphatic heterocycles. The summed E-state index contributed by atoms with van der Waals surface area (Å²) in [6.45, 7) is 0.942. The fraction of sp³-hybridized carbons (Fsp3) is 0.462. The summed E-state index contributed by atoms with van der Waals surface area (Å²) in [6, 6.07) is 9.91. The SMILES string of the molecule is O=C(CSc1ccccc1)NCCSCCCO. The van der Waals surface area contributed by atoms with Crippen molar-refractivity contribution >= 4 is 29.4 Å². The summed E-state index contributed by atoms with van der Waals surface area (Å²) >= 11 is 3.30. The van der Waals surface area contributed by atoms with Gasteiger partial charge in [-0.15, -0.1) is 11.8 Å². The van der Waals surface area contributed by atoms with Gasteiger partial charge in [-0.1, -0.05) is 18.2 Å². The maximum atomic E-state index is 11.5. The Labute approximate surface area is 117 Å². The number of carbonyl (C=O) groups is 1. The van der Waals surface area contributed by atoms with Gasteiger partial charge in [-0.25, -0.2) is 0 Å². The Morgan fingerprint density at radius 2 is 2.00 bits per heavy atom. The molecule has 0 saturated heterocycles.